The first-order chi connectivity index (χ1) is 7.83. The molecular formula is C11H11ClN2O2. The number of nitrogens with zero attached hydrogens (tertiary/aromatic N) is 1. The van der Waals surface area contributed by atoms with Crippen LogP contribution in [0.5, 0.6) is 0 Å². The Kier molecular flexibility index (Phi) is 3.41. The van der Waals surface area contributed by atoms with Crippen molar-refractivity contribution in [2.24, 2.45) is 5.16 Å². The van der Waals surface area contributed by atoms with Gasteiger partial charge in [-0.15, -0.1) is 11.6 Å². The summed E-state index contributed by atoms with van der Waals surface area (Å²) in [6.45, 7) is 0.845. The zero-order chi connectivity index (χ0) is 11.4. The predicted molar refractivity (Wildman–Crippen MR) is 62.2 cm³/mol. The highest BCUT2D eigenvalue weighted by Gasteiger charge is 2.17. The lowest BCUT2D eigenvalue weighted by Gasteiger charge is -2.15. The molecule has 0 aliphatic carbocycles. The molecule has 0 spiro atoms. The van der Waals surface area contributed by atoms with Gasteiger partial charge < -0.3 is 9.57 Å². The van der Waals surface area contributed by atoms with Crippen molar-refractivity contribution in [3.63, 3.8) is 0 Å². The van der Waals surface area contributed by atoms with Crippen LogP contribution in [0.1, 0.15) is 11.1 Å². The van der Waals surface area contributed by atoms with Crippen molar-refractivity contribution in [3.8, 4) is 0 Å². The number of rotatable bonds is 3. The lowest BCUT2D eigenvalue weighted by atomic mass is 10.0. The van der Waals surface area contributed by atoms with Gasteiger partial charge in [-0.1, -0.05) is 24.3 Å². The Morgan fingerprint density at radius 3 is 2.88 bits per heavy atom. The molecule has 5 heteroatoms. The van der Waals surface area contributed by atoms with Crippen LogP contribution in [0.2, 0.25) is 0 Å². The number of alkyl halides is 1. The number of halogens is 1. The minimum atomic E-state index is 0.205. The topological polar surface area (TPSA) is 54.7 Å². The van der Waals surface area contributed by atoms with Crippen LogP contribution in [0.15, 0.2) is 29.4 Å². The summed E-state index contributed by atoms with van der Waals surface area (Å²) in [5.41, 5.74) is 1.81. The molecule has 0 amide bonds. The minimum Gasteiger partial charge on any atom is -0.470 e. The number of nitrogens with one attached hydrogen (secondary N) is 1. The maximum absolute atomic E-state index is 7.97. The number of ether oxygens (including phenoxy) is 1. The molecule has 1 aliphatic rings. The zero-order valence-electron chi connectivity index (χ0n) is 8.57. The van der Waals surface area contributed by atoms with E-state index in [2.05, 4.69) is 5.16 Å². The summed E-state index contributed by atoms with van der Waals surface area (Å²) >= 11 is 5.81. The third kappa shape index (κ3) is 2.17. The van der Waals surface area contributed by atoms with Gasteiger partial charge in [-0.05, 0) is 10.7 Å². The third-order valence-corrected chi connectivity index (χ3v) is 2.49. The Bertz CT molecular complexity index is 432. The Morgan fingerprint density at radius 2 is 2.19 bits per heavy atom. The summed E-state index contributed by atoms with van der Waals surface area (Å²) in [5, 5.41) is 11.7. The molecule has 0 unspecified atom stereocenters. The molecule has 1 N–H and O–H groups in total. The SMILES string of the molecule is N=C(C1=NOCCO1)c1ccccc1CCl. The fourth-order valence-corrected chi connectivity index (χ4v) is 1.65. The number of hydrogen-bond acceptors (Lipinski definition) is 4. The van der Waals surface area contributed by atoms with Gasteiger partial charge in [-0.3, -0.25) is 5.41 Å². The van der Waals surface area contributed by atoms with Gasteiger partial charge in [0.1, 0.15) is 12.3 Å². The maximum atomic E-state index is 7.97. The Morgan fingerprint density at radius 1 is 1.38 bits per heavy atom. The van der Waals surface area contributed by atoms with Crippen LogP contribution >= 0.6 is 11.6 Å². The second kappa shape index (κ2) is 4.99. The molecule has 2 rings (SSSR count). The zero-order valence-corrected chi connectivity index (χ0v) is 9.33. The summed E-state index contributed by atoms with van der Waals surface area (Å²) in [7, 11) is 0. The van der Waals surface area contributed by atoms with E-state index in [1.165, 1.54) is 0 Å². The molecule has 0 fully saturated rings. The lowest BCUT2D eigenvalue weighted by Crippen LogP contribution is -2.25. The molecule has 1 aromatic carbocycles. The van der Waals surface area contributed by atoms with Crippen molar-refractivity contribution in [1.29, 1.82) is 5.41 Å². The fraction of sp³-hybridized carbons (Fsp3) is 0.273. The average Bonchev–Trinajstić information content (AvgIpc) is 2.39. The summed E-state index contributed by atoms with van der Waals surface area (Å²) in [5.74, 6) is 0.566. The summed E-state index contributed by atoms with van der Waals surface area (Å²) in [6, 6.07) is 7.43. The van der Waals surface area contributed by atoms with Gasteiger partial charge in [0.25, 0.3) is 5.90 Å². The van der Waals surface area contributed by atoms with Crippen molar-refractivity contribution in [3.05, 3.63) is 35.4 Å². The van der Waals surface area contributed by atoms with E-state index in [9.17, 15) is 0 Å². The van der Waals surface area contributed by atoms with Crippen LogP contribution in [-0.4, -0.2) is 24.8 Å². The van der Waals surface area contributed by atoms with Gasteiger partial charge in [-0.2, -0.15) is 0 Å². The van der Waals surface area contributed by atoms with Crippen LogP contribution in [0.25, 0.3) is 0 Å². The molecule has 0 aromatic heterocycles. The molecule has 0 atom stereocenters. The van der Waals surface area contributed by atoms with Crippen molar-refractivity contribution in [2.45, 2.75) is 5.88 Å². The highest BCUT2D eigenvalue weighted by Crippen LogP contribution is 2.14. The van der Waals surface area contributed by atoms with E-state index in [-0.39, 0.29) is 11.6 Å². The number of oxime groups is 1. The van der Waals surface area contributed by atoms with Crippen LogP contribution in [0.3, 0.4) is 0 Å². The van der Waals surface area contributed by atoms with Gasteiger partial charge in [-0.25, -0.2) is 0 Å². The van der Waals surface area contributed by atoms with E-state index in [0.29, 0.717) is 19.1 Å². The Balaban J connectivity index is 2.29. The molecule has 0 saturated carbocycles. The van der Waals surface area contributed by atoms with Crippen molar-refractivity contribution in [2.75, 3.05) is 13.2 Å². The molecule has 1 heterocycles. The monoisotopic (exact) mass is 238 g/mol. The van der Waals surface area contributed by atoms with Gasteiger partial charge in [0.2, 0.25) is 0 Å². The van der Waals surface area contributed by atoms with Crippen molar-refractivity contribution >= 4 is 23.2 Å². The van der Waals surface area contributed by atoms with Crippen LogP contribution in [-0.2, 0) is 15.5 Å². The van der Waals surface area contributed by atoms with Crippen LogP contribution < -0.4 is 0 Å². The maximum Gasteiger partial charge on any atom is 0.276 e. The van der Waals surface area contributed by atoms with Gasteiger partial charge in [0.15, 0.2) is 6.61 Å². The predicted octanol–water partition coefficient (Wildman–Crippen LogP) is 2.15. The minimum absolute atomic E-state index is 0.205. The molecule has 0 radical (unpaired) electrons. The quantitative estimate of drug-likeness (QED) is 0.648. The highest BCUT2D eigenvalue weighted by molar-refractivity contribution is 6.44. The third-order valence-electron chi connectivity index (χ3n) is 2.21. The van der Waals surface area contributed by atoms with E-state index in [1.54, 1.807) is 0 Å². The first-order valence-corrected chi connectivity index (χ1v) is 5.42. The average molecular weight is 239 g/mol. The number of benzene rings is 1. The molecular weight excluding hydrogens is 228 g/mol. The Labute approximate surface area is 98.3 Å². The molecule has 4 nitrogen and oxygen atoms in total. The van der Waals surface area contributed by atoms with E-state index in [4.69, 9.17) is 26.6 Å². The van der Waals surface area contributed by atoms with E-state index >= 15 is 0 Å². The molecule has 16 heavy (non-hydrogen) atoms. The van der Waals surface area contributed by atoms with Gasteiger partial charge in [0, 0.05) is 11.4 Å². The lowest BCUT2D eigenvalue weighted by molar-refractivity contribution is 0.0676. The Hall–Kier alpha value is -1.55. The van der Waals surface area contributed by atoms with Crippen LogP contribution in [0.4, 0.5) is 0 Å². The fourth-order valence-electron chi connectivity index (χ4n) is 1.42. The summed E-state index contributed by atoms with van der Waals surface area (Å²) in [4.78, 5) is 4.89. The second-order valence-electron chi connectivity index (χ2n) is 3.24. The van der Waals surface area contributed by atoms with E-state index < -0.39 is 0 Å². The standard InChI is InChI=1S/C11H11ClN2O2/c12-7-8-3-1-2-4-9(8)10(13)11-14-16-6-5-15-11/h1-4,13H,5-7H2. The van der Waals surface area contributed by atoms with Gasteiger partial charge >= 0.3 is 0 Å². The summed E-state index contributed by atoms with van der Waals surface area (Å²) in [6.07, 6.45) is 0. The van der Waals surface area contributed by atoms with E-state index in [1.807, 2.05) is 24.3 Å². The molecule has 1 aliphatic heterocycles. The van der Waals surface area contributed by atoms with E-state index in [0.717, 1.165) is 11.1 Å². The number of hydrogen-bond donors (Lipinski definition) is 1. The molecule has 84 valence electrons. The van der Waals surface area contributed by atoms with Crippen molar-refractivity contribution in [1.82, 2.24) is 0 Å². The molecule has 0 saturated heterocycles. The first-order valence-electron chi connectivity index (χ1n) is 4.89. The first kappa shape index (κ1) is 11.0. The molecule has 0 bridgehead atoms. The largest absolute Gasteiger partial charge is 0.470 e. The summed E-state index contributed by atoms with van der Waals surface area (Å²) < 4.78 is 5.25. The van der Waals surface area contributed by atoms with Crippen LogP contribution in [0, 0.1) is 5.41 Å². The smallest absolute Gasteiger partial charge is 0.276 e. The van der Waals surface area contributed by atoms with Crippen molar-refractivity contribution < 1.29 is 9.57 Å². The van der Waals surface area contributed by atoms with Gasteiger partial charge in [0.05, 0.1) is 0 Å². The highest BCUT2D eigenvalue weighted by atomic mass is 35.5. The normalized spacial score (nSPS) is 14.7. The second-order valence-corrected chi connectivity index (χ2v) is 3.51. The molecule has 1 aromatic rings.